The number of fused-ring (bicyclic) bond motifs is 6. The molecular weight excluding hydrogens is 1070 g/mol. The summed E-state index contributed by atoms with van der Waals surface area (Å²) in [6, 6.07) is -0.893. The van der Waals surface area contributed by atoms with E-state index in [1.165, 1.54) is 0 Å². The smallest absolute Gasteiger partial charge is 0.306 e. The SMILES string of the molecule is CCCOC(=O)CC[C@@H]1C2=C(C)C3=NC([C@H](CC(=O)OCCC)[C@@]3(C)CCC(=O)OCCC)[C@]3(C)N=C(C(C)=C4NC(=CC(=N2)C1(C)C)[C@@H](CCC(=O)OCCC)[C@]4(C)CC(=O)OCCC)[C@@H](CCC(=O)OCCC)[C@]3(C)CC(=O)OCCC. The number of aliphatic imine (C=N–C) groups is 3. The van der Waals surface area contributed by atoms with Gasteiger partial charge in [0.05, 0.1) is 77.1 Å². The lowest BCUT2D eigenvalue weighted by atomic mass is 9.55. The van der Waals surface area contributed by atoms with Gasteiger partial charge in [0.1, 0.15) is 0 Å². The van der Waals surface area contributed by atoms with E-state index < -0.39 is 86.8 Å². The molecule has 5 aliphatic heterocycles. The van der Waals surface area contributed by atoms with Crippen LogP contribution in [0, 0.1) is 45.3 Å². The molecule has 5 rings (SSSR count). The zero-order valence-electron chi connectivity index (χ0n) is 53.7. The number of rotatable bonds is 32. The minimum atomic E-state index is -1.39. The third-order valence-corrected chi connectivity index (χ3v) is 18.5. The number of carbonyl (C=O) groups is 7. The van der Waals surface area contributed by atoms with Crippen LogP contribution in [-0.4, -0.2) is 117 Å². The number of esters is 7. The molecule has 0 aliphatic carbocycles. The molecule has 5 heterocycles. The van der Waals surface area contributed by atoms with Gasteiger partial charge in [-0.2, -0.15) is 0 Å². The summed E-state index contributed by atoms with van der Waals surface area (Å²) in [6.07, 6.45) is 7.04. The molecule has 0 saturated carbocycles. The monoisotopic (exact) mass is 1170 g/mol. The van der Waals surface area contributed by atoms with E-state index in [1.807, 2.05) is 96.1 Å². The molecule has 18 nitrogen and oxygen atoms in total. The van der Waals surface area contributed by atoms with Gasteiger partial charge < -0.3 is 38.5 Å². The Hall–Kier alpha value is -5.68. The molecule has 1 N–H and O–H groups in total. The third-order valence-electron chi connectivity index (χ3n) is 18.5. The van der Waals surface area contributed by atoms with Crippen LogP contribution >= 0.6 is 0 Å². The maximum absolute atomic E-state index is 14.7. The lowest BCUT2D eigenvalue weighted by Crippen LogP contribution is -2.55. The summed E-state index contributed by atoms with van der Waals surface area (Å²) in [7, 11) is 0. The van der Waals surface area contributed by atoms with Crippen LogP contribution in [0.3, 0.4) is 0 Å². The fraction of sp³-hybridized carbons (Fsp3) is 0.758. The van der Waals surface area contributed by atoms with Gasteiger partial charge in [-0.1, -0.05) is 83.1 Å². The number of hydrogen-bond donors (Lipinski definition) is 1. The largest absolute Gasteiger partial charge is 0.466 e. The fourth-order valence-corrected chi connectivity index (χ4v) is 13.7. The van der Waals surface area contributed by atoms with E-state index in [1.54, 1.807) is 0 Å². The predicted molar refractivity (Wildman–Crippen MR) is 323 cm³/mol. The highest BCUT2D eigenvalue weighted by Gasteiger charge is 2.67. The van der Waals surface area contributed by atoms with E-state index in [-0.39, 0.29) is 122 Å². The Morgan fingerprint density at radius 2 is 0.940 bits per heavy atom. The van der Waals surface area contributed by atoms with E-state index in [4.69, 9.17) is 48.1 Å². The highest BCUT2D eigenvalue weighted by Crippen LogP contribution is 2.63. The Morgan fingerprint density at radius 3 is 1.43 bits per heavy atom. The second-order valence-electron chi connectivity index (χ2n) is 25.3. The minimum absolute atomic E-state index is 0.0119. The Morgan fingerprint density at radius 1 is 0.512 bits per heavy atom. The highest BCUT2D eigenvalue weighted by atomic mass is 16.6. The summed E-state index contributed by atoms with van der Waals surface area (Å²) >= 11 is 0. The van der Waals surface area contributed by atoms with Crippen LogP contribution in [0.25, 0.3) is 0 Å². The van der Waals surface area contributed by atoms with E-state index in [0.717, 1.165) is 0 Å². The molecule has 84 heavy (non-hydrogen) atoms. The summed E-state index contributed by atoms with van der Waals surface area (Å²) in [5.74, 6) is -5.21. The Labute approximate surface area is 501 Å². The van der Waals surface area contributed by atoms with Gasteiger partial charge in [0, 0.05) is 105 Å². The normalized spacial score (nSPS) is 27.5. The average Bonchev–Trinajstić information content (AvgIpc) is 3.94. The first-order valence-electron chi connectivity index (χ1n) is 31.6. The predicted octanol–water partition coefficient (Wildman–Crippen LogP) is 12.0. The maximum atomic E-state index is 14.7. The highest BCUT2D eigenvalue weighted by molar-refractivity contribution is 6.10. The van der Waals surface area contributed by atoms with Crippen LogP contribution in [0.2, 0.25) is 0 Å². The van der Waals surface area contributed by atoms with Crippen LogP contribution < -0.4 is 5.32 Å². The molecule has 5 aliphatic rings. The first kappa shape index (κ1) is 69.1. The van der Waals surface area contributed by atoms with Gasteiger partial charge in [-0.3, -0.25) is 48.5 Å². The Kier molecular flexibility index (Phi) is 25.2. The average molecular weight is 1180 g/mol. The van der Waals surface area contributed by atoms with E-state index in [0.29, 0.717) is 96.7 Å². The van der Waals surface area contributed by atoms with Crippen molar-refractivity contribution in [2.75, 3.05) is 46.2 Å². The van der Waals surface area contributed by atoms with Crippen molar-refractivity contribution in [1.29, 1.82) is 0 Å². The number of ether oxygens (including phenoxy) is 7. The van der Waals surface area contributed by atoms with Crippen molar-refractivity contribution >= 4 is 58.9 Å². The van der Waals surface area contributed by atoms with Gasteiger partial charge in [-0.15, -0.1) is 0 Å². The van der Waals surface area contributed by atoms with Crippen LogP contribution in [0.5, 0.6) is 0 Å². The molecule has 1 saturated heterocycles. The molecule has 0 aromatic heterocycles. The summed E-state index contributed by atoms with van der Waals surface area (Å²) in [4.78, 5) is 116. The van der Waals surface area contributed by atoms with Crippen LogP contribution in [0.1, 0.15) is 219 Å². The third kappa shape index (κ3) is 15.5. The van der Waals surface area contributed by atoms with Crippen LogP contribution in [0.4, 0.5) is 0 Å². The van der Waals surface area contributed by atoms with Gasteiger partial charge in [0.25, 0.3) is 0 Å². The molecule has 1 unspecified atom stereocenters. The standard InChI is InChI=1S/C66H102N4O14/c1-16-31-78-50(71)26-23-44-48-39-49-62(10,11)45(24-27-51(72)79-32-17-2)57(68-49)42(8)59-63(12,30-29-53(74)81-34-19-4)47(38-54(75)82-35-20-5)61(69-59)66(15)65(14,41-56(77)84-37-22-7)46(25-28-52(73)80-33-18-3)58(70-66)43(9)60(67-48)64(44,13)40-55(76)83-36-21-6/h39,44-47,61,67H,16-38,40-41H2,1-15H3/t44-,45-,46-,47+,61?,63-,64+,65+,66+/m1/s1. The molecule has 9 atom stereocenters. The summed E-state index contributed by atoms with van der Waals surface area (Å²) < 4.78 is 40.6. The summed E-state index contributed by atoms with van der Waals surface area (Å²) in [5.41, 5.74) is -0.291. The number of carbonyl (C=O) groups excluding carboxylic acids is 7. The van der Waals surface area contributed by atoms with Crippen molar-refractivity contribution in [3.8, 4) is 0 Å². The molecule has 18 heteroatoms. The first-order chi connectivity index (χ1) is 39.8. The quantitative estimate of drug-likeness (QED) is 0.0487. The van der Waals surface area contributed by atoms with E-state index in [9.17, 15) is 33.6 Å². The van der Waals surface area contributed by atoms with E-state index in [2.05, 4.69) is 19.2 Å². The summed E-state index contributed by atoms with van der Waals surface area (Å²) in [6.45, 7) is 31.3. The van der Waals surface area contributed by atoms with E-state index >= 15 is 0 Å². The van der Waals surface area contributed by atoms with Crippen LogP contribution in [0.15, 0.2) is 49.3 Å². The molecule has 470 valence electrons. The molecule has 0 spiro atoms. The topological polar surface area (TPSA) is 233 Å². The minimum Gasteiger partial charge on any atom is -0.466 e. The Bertz CT molecular complexity index is 2590. The van der Waals surface area contributed by atoms with Gasteiger partial charge in [-0.05, 0) is 109 Å². The lowest BCUT2D eigenvalue weighted by Gasteiger charge is -2.48. The first-order valence-corrected chi connectivity index (χ1v) is 31.6. The van der Waals surface area contributed by atoms with Crippen molar-refractivity contribution in [2.45, 2.75) is 231 Å². The second-order valence-corrected chi connectivity index (χ2v) is 25.3. The molecule has 8 bridgehead atoms. The van der Waals surface area contributed by atoms with Crippen molar-refractivity contribution in [3.05, 3.63) is 34.3 Å². The lowest BCUT2D eigenvalue weighted by molar-refractivity contribution is -0.150. The number of nitrogens with zero attached hydrogens (tertiary/aromatic N) is 3. The second kappa shape index (κ2) is 30.6. The summed E-state index contributed by atoms with van der Waals surface area (Å²) in [5, 5.41) is 3.86. The zero-order chi connectivity index (χ0) is 62.2. The number of nitrogens with one attached hydrogen (secondary N) is 1. The van der Waals surface area contributed by atoms with Gasteiger partial charge >= 0.3 is 41.8 Å². The van der Waals surface area contributed by atoms with Crippen molar-refractivity contribution in [2.24, 2.45) is 60.3 Å². The Balaban J connectivity index is 2.03. The molecule has 0 aromatic rings. The molecule has 1 fully saturated rings. The number of hydrogen-bond acceptors (Lipinski definition) is 18. The fourth-order valence-electron chi connectivity index (χ4n) is 13.7. The molecule has 0 aromatic carbocycles. The molecular formula is C66H102N4O14. The molecule has 0 radical (unpaired) electrons. The van der Waals surface area contributed by atoms with Gasteiger partial charge in [-0.25, -0.2) is 0 Å². The van der Waals surface area contributed by atoms with Gasteiger partial charge in [0.2, 0.25) is 0 Å². The number of allylic oxidation sites excluding steroid dienone is 6. The van der Waals surface area contributed by atoms with Crippen molar-refractivity contribution in [1.82, 2.24) is 5.32 Å². The van der Waals surface area contributed by atoms with Crippen molar-refractivity contribution < 1.29 is 66.7 Å². The van der Waals surface area contributed by atoms with Crippen molar-refractivity contribution in [3.63, 3.8) is 0 Å². The zero-order valence-corrected chi connectivity index (χ0v) is 53.7. The maximum Gasteiger partial charge on any atom is 0.306 e. The molecule has 0 amide bonds. The van der Waals surface area contributed by atoms with Gasteiger partial charge in [0.15, 0.2) is 0 Å². The van der Waals surface area contributed by atoms with Crippen LogP contribution in [-0.2, 0) is 66.7 Å².